The number of hydrogen-bond donors (Lipinski definition) is 1. The quantitative estimate of drug-likeness (QED) is 0.888. The summed E-state index contributed by atoms with van der Waals surface area (Å²) in [6, 6.07) is 18.7. The van der Waals surface area contributed by atoms with Crippen molar-refractivity contribution in [2.75, 3.05) is 26.2 Å². The number of rotatable bonds is 5. The zero-order valence-corrected chi connectivity index (χ0v) is 15.1. The lowest BCUT2D eigenvalue weighted by molar-refractivity contribution is -0.139. The van der Waals surface area contributed by atoms with Crippen LogP contribution in [0.1, 0.15) is 24.1 Å². The Balaban J connectivity index is 1.87. The van der Waals surface area contributed by atoms with Crippen LogP contribution in [-0.4, -0.2) is 53.1 Å². The molecular weight excluding hydrogens is 336 g/mol. The molecule has 0 aliphatic carbocycles. The Morgan fingerprint density at radius 2 is 1.88 bits per heavy atom. The van der Waals surface area contributed by atoms with Gasteiger partial charge >= 0.3 is 5.97 Å². The van der Waals surface area contributed by atoms with Crippen LogP contribution < -0.4 is 0 Å². The molecule has 1 fully saturated rings. The van der Waals surface area contributed by atoms with E-state index in [-0.39, 0.29) is 18.6 Å². The minimum atomic E-state index is -0.769. The molecular formula is C20H23ClN2O2. The Kier molecular flexibility index (Phi) is 5.74. The number of piperazine rings is 1. The Hall–Kier alpha value is -1.88. The topological polar surface area (TPSA) is 43.8 Å². The maximum Gasteiger partial charge on any atom is 0.317 e. The Morgan fingerprint density at radius 1 is 1.16 bits per heavy atom. The predicted octanol–water partition coefficient (Wildman–Crippen LogP) is 3.52. The van der Waals surface area contributed by atoms with Crippen molar-refractivity contribution >= 4 is 17.6 Å². The number of hydrogen-bond acceptors (Lipinski definition) is 3. The summed E-state index contributed by atoms with van der Waals surface area (Å²) in [6.45, 7) is 4.58. The van der Waals surface area contributed by atoms with Gasteiger partial charge in [-0.05, 0) is 30.2 Å². The van der Waals surface area contributed by atoms with Gasteiger partial charge in [0.2, 0.25) is 0 Å². The van der Waals surface area contributed by atoms with Crippen LogP contribution in [0.3, 0.4) is 0 Å². The molecule has 1 aliphatic heterocycles. The molecule has 0 radical (unpaired) electrons. The standard InChI is InChI=1S/C20H23ClN2O2/c1-15-13-23(11-10-22(15)14-19(24)25)20(16-6-3-2-4-7-16)17-8-5-9-18(21)12-17/h2-9,12,15,20H,10-11,13-14H2,1H3,(H,24,25)/t15-,20?/m1/s1. The first kappa shape index (κ1) is 17.9. The highest BCUT2D eigenvalue weighted by molar-refractivity contribution is 6.30. The molecule has 0 bridgehead atoms. The minimum absolute atomic E-state index is 0.0994. The molecule has 1 heterocycles. The molecule has 1 N–H and O–H groups in total. The number of aliphatic carboxylic acids is 1. The van der Waals surface area contributed by atoms with E-state index in [1.54, 1.807) is 0 Å². The van der Waals surface area contributed by atoms with E-state index in [4.69, 9.17) is 16.7 Å². The lowest BCUT2D eigenvalue weighted by atomic mass is 9.95. The van der Waals surface area contributed by atoms with E-state index in [1.807, 2.05) is 29.2 Å². The van der Waals surface area contributed by atoms with Gasteiger partial charge in [0.15, 0.2) is 0 Å². The van der Waals surface area contributed by atoms with Crippen LogP contribution in [0.15, 0.2) is 54.6 Å². The second kappa shape index (κ2) is 8.00. The van der Waals surface area contributed by atoms with Gasteiger partial charge in [-0.1, -0.05) is 54.1 Å². The average molecular weight is 359 g/mol. The highest BCUT2D eigenvalue weighted by Crippen LogP contribution is 2.31. The van der Waals surface area contributed by atoms with E-state index in [0.29, 0.717) is 0 Å². The molecule has 132 valence electrons. The molecule has 1 aliphatic rings. The second-order valence-electron chi connectivity index (χ2n) is 6.58. The molecule has 0 amide bonds. The average Bonchev–Trinajstić information content (AvgIpc) is 2.58. The summed E-state index contributed by atoms with van der Waals surface area (Å²) in [7, 11) is 0. The van der Waals surface area contributed by atoms with Crippen molar-refractivity contribution in [1.82, 2.24) is 9.80 Å². The van der Waals surface area contributed by atoms with Crippen LogP contribution in [0.4, 0.5) is 0 Å². The molecule has 3 rings (SSSR count). The molecule has 2 aromatic rings. The third kappa shape index (κ3) is 4.40. The molecule has 4 nitrogen and oxygen atoms in total. The van der Waals surface area contributed by atoms with Gasteiger partial charge in [0, 0.05) is 30.7 Å². The van der Waals surface area contributed by atoms with E-state index in [9.17, 15) is 4.79 Å². The number of carbonyl (C=O) groups is 1. The van der Waals surface area contributed by atoms with Crippen LogP contribution >= 0.6 is 11.6 Å². The van der Waals surface area contributed by atoms with Gasteiger partial charge in [0.25, 0.3) is 0 Å². The SMILES string of the molecule is C[C@@H]1CN(C(c2ccccc2)c2cccc(Cl)c2)CCN1CC(=O)O. The zero-order valence-electron chi connectivity index (χ0n) is 14.3. The van der Waals surface area contributed by atoms with Crippen molar-refractivity contribution in [2.24, 2.45) is 0 Å². The highest BCUT2D eigenvalue weighted by atomic mass is 35.5. The van der Waals surface area contributed by atoms with Gasteiger partial charge < -0.3 is 5.11 Å². The third-order valence-corrected chi connectivity index (χ3v) is 5.01. The molecule has 2 aromatic carbocycles. The first-order valence-corrected chi connectivity index (χ1v) is 8.92. The van der Waals surface area contributed by atoms with Gasteiger partial charge in [0.1, 0.15) is 0 Å². The van der Waals surface area contributed by atoms with Gasteiger partial charge in [-0.3, -0.25) is 14.6 Å². The number of halogens is 1. The fourth-order valence-corrected chi connectivity index (χ4v) is 3.79. The van der Waals surface area contributed by atoms with Gasteiger partial charge in [-0.25, -0.2) is 0 Å². The molecule has 25 heavy (non-hydrogen) atoms. The molecule has 2 atom stereocenters. The molecule has 5 heteroatoms. The largest absolute Gasteiger partial charge is 0.480 e. The number of nitrogens with zero attached hydrogens (tertiary/aromatic N) is 2. The van der Waals surface area contributed by atoms with Crippen LogP contribution in [0, 0.1) is 0 Å². The summed E-state index contributed by atoms with van der Waals surface area (Å²) in [5.41, 5.74) is 2.39. The summed E-state index contributed by atoms with van der Waals surface area (Å²) in [4.78, 5) is 15.5. The van der Waals surface area contributed by atoms with Crippen LogP contribution in [-0.2, 0) is 4.79 Å². The van der Waals surface area contributed by atoms with Crippen molar-refractivity contribution in [3.8, 4) is 0 Å². The molecule has 0 saturated carbocycles. The first-order valence-electron chi connectivity index (χ1n) is 8.55. The number of carboxylic acid groups (broad SMARTS) is 1. The number of benzene rings is 2. The third-order valence-electron chi connectivity index (χ3n) is 4.78. The fourth-order valence-electron chi connectivity index (χ4n) is 3.59. The fraction of sp³-hybridized carbons (Fsp3) is 0.350. The zero-order chi connectivity index (χ0) is 17.8. The maximum absolute atomic E-state index is 11.0. The number of carboxylic acids is 1. The normalized spacial score (nSPS) is 20.3. The lowest BCUT2D eigenvalue weighted by Crippen LogP contribution is -2.54. The van der Waals surface area contributed by atoms with Crippen LogP contribution in [0.25, 0.3) is 0 Å². The van der Waals surface area contributed by atoms with E-state index < -0.39 is 5.97 Å². The summed E-state index contributed by atoms with van der Waals surface area (Å²) in [5.74, 6) is -0.769. The summed E-state index contributed by atoms with van der Waals surface area (Å²) < 4.78 is 0. The monoisotopic (exact) mass is 358 g/mol. The van der Waals surface area contributed by atoms with Gasteiger partial charge in [-0.2, -0.15) is 0 Å². The van der Waals surface area contributed by atoms with Crippen molar-refractivity contribution in [1.29, 1.82) is 0 Å². The summed E-state index contributed by atoms with van der Waals surface area (Å²) >= 11 is 6.23. The van der Waals surface area contributed by atoms with E-state index in [0.717, 1.165) is 30.2 Å². The smallest absolute Gasteiger partial charge is 0.317 e. The maximum atomic E-state index is 11.0. The summed E-state index contributed by atoms with van der Waals surface area (Å²) in [6.07, 6.45) is 0. The second-order valence-corrected chi connectivity index (χ2v) is 7.01. The molecule has 0 aromatic heterocycles. The molecule has 0 spiro atoms. The van der Waals surface area contributed by atoms with E-state index >= 15 is 0 Å². The van der Waals surface area contributed by atoms with Crippen molar-refractivity contribution in [2.45, 2.75) is 19.0 Å². The Labute approximate surface area is 153 Å². The van der Waals surface area contributed by atoms with Crippen molar-refractivity contribution in [3.05, 3.63) is 70.7 Å². The lowest BCUT2D eigenvalue weighted by Gasteiger charge is -2.43. The Bertz CT molecular complexity index is 723. The van der Waals surface area contributed by atoms with E-state index in [1.165, 1.54) is 5.56 Å². The van der Waals surface area contributed by atoms with Crippen LogP contribution in [0.5, 0.6) is 0 Å². The minimum Gasteiger partial charge on any atom is -0.480 e. The first-order chi connectivity index (χ1) is 12.0. The molecule has 1 unspecified atom stereocenters. The highest BCUT2D eigenvalue weighted by Gasteiger charge is 2.30. The van der Waals surface area contributed by atoms with Crippen molar-refractivity contribution < 1.29 is 9.90 Å². The Morgan fingerprint density at radius 3 is 2.52 bits per heavy atom. The molecule has 1 saturated heterocycles. The predicted molar refractivity (Wildman–Crippen MR) is 100.0 cm³/mol. The summed E-state index contributed by atoms with van der Waals surface area (Å²) in [5, 5.41) is 9.81. The van der Waals surface area contributed by atoms with Crippen molar-refractivity contribution in [3.63, 3.8) is 0 Å². The van der Waals surface area contributed by atoms with Crippen LogP contribution in [0.2, 0.25) is 5.02 Å². The van der Waals surface area contributed by atoms with Gasteiger partial charge in [-0.15, -0.1) is 0 Å². The van der Waals surface area contributed by atoms with Gasteiger partial charge in [0.05, 0.1) is 12.6 Å². The van der Waals surface area contributed by atoms with E-state index in [2.05, 4.69) is 42.2 Å².